The number of rotatable bonds is 4. The Morgan fingerprint density at radius 1 is 1.19 bits per heavy atom. The lowest BCUT2D eigenvalue weighted by Gasteiger charge is -2.37. The van der Waals surface area contributed by atoms with E-state index < -0.39 is 23.3 Å². The van der Waals surface area contributed by atoms with Crippen LogP contribution in [0.5, 0.6) is 0 Å². The molecule has 0 bridgehead atoms. The summed E-state index contributed by atoms with van der Waals surface area (Å²) in [6.45, 7) is 5.59. The number of imide groups is 2. The molecular formula is C10H16N2O3S. The molecule has 0 aromatic rings. The van der Waals surface area contributed by atoms with Gasteiger partial charge in [0.25, 0.3) is 0 Å². The lowest BCUT2D eigenvalue weighted by atomic mass is 9.79. The van der Waals surface area contributed by atoms with Crippen LogP contribution in [0.1, 0.15) is 27.2 Å². The average molecular weight is 244 g/mol. The molecule has 1 fully saturated rings. The van der Waals surface area contributed by atoms with Gasteiger partial charge in [0, 0.05) is 5.25 Å². The van der Waals surface area contributed by atoms with Gasteiger partial charge in [-0.15, -0.1) is 0 Å². The number of carbonyl (C=O) groups is 3. The maximum Gasteiger partial charge on any atom is 0.328 e. The zero-order chi connectivity index (χ0) is 12.3. The number of amides is 4. The first-order valence-electron chi connectivity index (χ1n) is 5.27. The summed E-state index contributed by atoms with van der Waals surface area (Å²) in [4.78, 5) is 34.8. The number of hydrogen-bond acceptors (Lipinski definition) is 4. The Bertz CT molecular complexity index is 310. The lowest BCUT2D eigenvalue weighted by Crippen LogP contribution is -2.65. The second-order valence-corrected chi connectivity index (χ2v) is 5.28. The highest BCUT2D eigenvalue weighted by Gasteiger charge is 2.52. The van der Waals surface area contributed by atoms with Gasteiger partial charge in [-0.25, -0.2) is 4.79 Å². The summed E-state index contributed by atoms with van der Waals surface area (Å²) in [5.41, 5.74) is -1.13. The van der Waals surface area contributed by atoms with Crippen molar-refractivity contribution in [3.8, 4) is 0 Å². The molecule has 90 valence electrons. The molecule has 2 N–H and O–H groups in total. The van der Waals surface area contributed by atoms with Gasteiger partial charge in [0.1, 0.15) is 5.41 Å². The fourth-order valence-corrected chi connectivity index (χ4v) is 3.10. The quantitative estimate of drug-likeness (QED) is 0.720. The summed E-state index contributed by atoms with van der Waals surface area (Å²) < 4.78 is 0. The maximum absolute atomic E-state index is 11.9. The molecule has 16 heavy (non-hydrogen) atoms. The lowest BCUT2D eigenvalue weighted by molar-refractivity contribution is -0.144. The van der Waals surface area contributed by atoms with Crippen LogP contribution in [0.4, 0.5) is 4.79 Å². The average Bonchev–Trinajstić information content (AvgIpc) is 2.18. The van der Waals surface area contributed by atoms with Gasteiger partial charge in [0.15, 0.2) is 0 Å². The van der Waals surface area contributed by atoms with Crippen LogP contribution >= 0.6 is 11.8 Å². The van der Waals surface area contributed by atoms with E-state index in [0.29, 0.717) is 6.42 Å². The van der Waals surface area contributed by atoms with Gasteiger partial charge in [-0.2, -0.15) is 11.8 Å². The molecule has 1 aliphatic rings. The predicted molar refractivity (Wildman–Crippen MR) is 62.0 cm³/mol. The first-order valence-corrected chi connectivity index (χ1v) is 6.32. The van der Waals surface area contributed by atoms with E-state index in [1.807, 2.05) is 13.8 Å². The number of urea groups is 1. The van der Waals surface area contributed by atoms with E-state index in [0.717, 1.165) is 5.75 Å². The molecule has 5 nitrogen and oxygen atoms in total. The van der Waals surface area contributed by atoms with E-state index in [1.54, 1.807) is 6.92 Å². The standard InChI is InChI=1S/C10H16N2O3S/c1-4-10(6(3)16-5-2)7(13)11-9(15)12-8(10)14/h6H,4-5H2,1-3H3,(H2,11,12,13,14,15). The molecule has 0 aromatic carbocycles. The molecule has 1 aliphatic heterocycles. The van der Waals surface area contributed by atoms with Crippen LogP contribution in [-0.4, -0.2) is 28.8 Å². The van der Waals surface area contributed by atoms with Gasteiger partial charge in [0.2, 0.25) is 11.8 Å². The van der Waals surface area contributed by atoms with Crippen LogP contribution in [-0.2, 0) is 9.59 Å². The first kappa shape index (κ1) is 13.0. The third kappa shape index (κ3) is 1.93. The van der Waals surface area contributed by atoms with Crippen molar-refractivity contribution in [3.05, 3.63) is 0 Å². The van der Waals surface area contributed by atoms with Crippen molar-refractivity contribution in [2.45, 2.75) is 32.4 Å². The van der Waals surface area contributed by atoms with Crippen molar-refractivity contribution in [1.82, 2.24) is 10.6 Å². The third-order valence-corrected chi connectivity index (χ3v) is 4.17. The van der Waals surface area contributed by atoms with Gasteiger partial charge in [-0.1, -0.05) is 20.8 Å². The third-order valence-electron chi connectivity index (χ3n) is 2.93. The van der Waals surface area contributed by atoms with Crippen molar-refractivity contribution in [1.29, 1.82) is 0 Å². The zero-order valence-electron chi connectivity index (χ0n) is 9.62. The molecule has 0 saturated carbocycles. The first-order chi connectivity index (χ1) is 7.48. The van der Waals surface area contributed by atoms with Gasteiger partial charge in [-0.05, 0) is 12.2 Å². The number of thioether (sulfide) groups is 1. The van der Waals surface area contributed by atoms with Crippen LogP contribution in [0.3, 0.4) is 0 Å². The molecule has 1 atom stereocenters. The van der Waals surface area contributed by atoms with E-state index in [4.69, 9.17) is 0 Å². The maximum atomic E-state index is 11.9. The fraction of sp³-hybridized carbons (Fsp3) is 0.700. The second kappa shape index (κ2) is 4.86. The summed E-state index contributed by atoms with van der Waals surface area (Å²) in [7, 11) is 0. The van der Waals surface area contributed by atoms with Gasteiger partial charge in [-0.3, -0.25) is 20.2 Å². The highest BCUT2D eigenvalue weighted by Crippen LogP contribution is 2.36. The number of carbonyl (C=O) groups excluding carboxylic acids is 3. The largest absolute Gasteiger partial charge is 0.328 e. The van der Waals surface area contributed by atoms with Crippen LogP contribution in [0, 0.1) is 5.41 Å². The summed E-state index contributed by atoms with van der Waals surface area (Å²) in [5.74, 6) is -0.161. The molecule has 0 aliphatic carbocycles. The summed E-state index contributed by atoms with van der Waals surface area (Å²) in [6.07, 6.45) is 0.381. The molecule has 0 radical (unpaired) electrons. The van der Waals surface area contributed by atoms with Crippen molar-refractivity contribution in [2.24, 2.45) is 5.41 Å². The van der Waals surface area contributed by atoms with Crippen LogP contribution in [0.2, 0.25) is 0 Å². The number of barbiturate groups is 1. The molecule has 0 spiro atoms. The van der Waals surface area contributed by atoms with E-state index in [1.165, 1.54) is 11.8 Å². The SMILES string of the molecule is CCSC(C)C1(CC)C(=O)NC(=O)NC1=O. The van der Waals surface area contributed by atoms with Crippen molar-refractivity contribution >= 4 is 29.6 Å². The van der Waals surface area contributed by atoms with Crippen molar-refractivity contribution in [3.63, 3.8) is 0 Å². The van der Waals surface area contributed by atoms with E-state index in [2.05, 4.69) is 10.6 Å². The minimum absolute atomic E-state index is 0.157. The van der Waals surface area contributed by atoms with Crippen molar-refractivity contribution in [2.75, 3.05) is 5.75 Å². The van der Waals surface area contributed by atoms with Gasteiger partial charge < -0.3 is 0 Å². The molecule has 1 rings (SSSR count). The molecule has 0 aromatic heterocycles. The van der Waals surface area contributed by atoms with Crippen LogP contribution in [0.25, 0.3) is 0 Å². The Morgan fingerprint density at radius 2 is 1.69 bits per heavy atom. The molecule has 1 unspecified atom stereocenters. The minimum Gasteiger partial charge on any atom is -0.277 e. The number of hydrogen-bond donors (Lipinski definition) is 2. The predicted octanol–water partition coefficient (Wildman–Crippen LogP) is 0.890. The minimum atomic E-state index is -1.13. The van der Waals surface area contributed by atoms with E-state index >= 15 is 0 Å². The van der Waals surface area contributed by atoms with Crippen LogP contribution < -0.4 is 10.6 Å². The molecule has 6 heteroatoms. The second-order valence-electron chi connectivity index (χ2n) is 3.66. The monoisotopic (exact) mass is 244 g/mol. The highest BCUT2D eigenvalue weighted by atomic mass is 32.2. The van der Waals surface area contributed by atoms with Gasteiger partial charge in [0.05, 0.1) is 0 Å². The Balaban J connectivity index is 3.05. The summed E-state index contributed by atoms with van der Waals surface area (Å²) in [5, 5.41) is 4.18. The Hall–Kier alpha value is -1.04. The Morgan fingerprint density at radius 3 is 2.06 bits per heavy atom. The molecule has 4 amide bonds. The van der Waals surface area contributed by atoms with E-state index in [-0.39, 0.29) is 5.25 Å². The highest BCUT2D eigenvalue weighted by molar-refractivity contribution is 7.99. The van der Waals surface area contributed by atoms with Gasteiger partial charge >= 0.3 is 6.03 Å². The molecule has 1 heterocycles. The Kier molecular flexibility index (Phi) is 3.96. The molecule has 1 saturated heterocycles. The topological polar surface area (TPSA) is 75.3 Å². The zero-order valence-corrected chi connectivity index (χ0v) is 10.4. The van der Waals surface area contributed by atoms with E-state index in [9.17, 15) is 14.4 Å². The van der Waals surface area contributed by atoms with Crippen LogP contribution in [0.15, 0.2) is 0 Å². The summed E-state index contributed by atoms with van der Waals surface area (Å²) >= 11 is 1.54. The Labute approximate surface area is 98.7 Å². The smallest absolute Gasteiger partial charge is 0.277 e. The number of nitrogens with one attached hydrogen (secondary N) is 2. The fourth-order valence-electron chi connectivity index (χ4n) is 1.93. The molecular weight excluding hydrogens is 228 g/mol. The summed E-state index contributed by atoms with van der Waals surface area (Å²) in [6, 6.07) is -0.729. The normalized spacial score (nSPS) is 21.3. The van der Waals surface area contributed by atoms with Crippen molar-refractivity contribution < 1.29 is 14.4 Å².